The molecule has 0 saturated heterocycles. The number of rotatable bonds is 14. The van der Waals surface area contributed by atoms with E-state index < -0.39 is 0 Å². The summed E-state index contributed by atoms with van der Waals surface area (Å²) in [5.74, 6) is 0. The first-order valence-corrected chi connectivity index (χ1v) is 19.4. The fourth-order valence-electron chi connectivity index (χ4n) is 7.91. The first kappa shape index (κ1) is 38.2. The second-order valence-corrected chi connectivity index (χ2v) is 14.0. The van der Waals surface area contributed by atoms with Crippen LogP contribution in [0, 0.1) is 6.92 Å². The number of aryl methyl sites for hydroxylation is 1. The Labute approximate surface area is 337 Å². The molecule has 3 heteroatoms. The zero-order valence-corrected chi connectivity index (χ0v) is 33.2. The molecular formula is C54H49N3. The maximum atomic E-state index is 4.34. The van der Waals surface area contributed by atoms with Crippen LogP contribution in [0.1, 0.15) is 34.9 Å². The van der Waals surface area contributed by atoms with E-state index in [1.165, 1.54) is 38.3 Å². The van der Waals surface area contributed by atoms with Gasteiger partial charge in [-0.3, -0.25) is 0 Å². The van der Waals surface area contributed by atoms with Gasteiger partial charge in [-0.2, -0.15) is 0 Å². The summed E-state index contributed by atoms with van der Waals surface area (Å²) in [6, 6.07) is 38.0. The maximum Gasteiger partial charge on any atom is 0.0543 e. The second-order valence-electron chi connectivity index (χ2n) is 14.0. The summed E-state index contributed by atoms with van der Waals surface area (Å²) in [5, 5.41) is 6.70. The molecule has 0 saturated carbocycles. The summed E-state index contributed by atoms with van der Waals surface area (Å²) in [6.07, 6.45) is 24.7. The Balaban J connectivity index is 1.40. The van der Waals surface area contributed by atoms with Gasteiger partial charge in [-0.05, 0) is 132 Å². The monoisotopic (exact) mass is 739 g/mol. The lowest BCUT2D eigenvalue weighted by atomic mass is 10.00. The van der Waals surface area contributed by atoms with Crippen molar-refractivity contribution in [1.29, 1.82) is 0 Å². The van der Waals surface area contributed by atoms with Gasteiger partial charge in [-0.25, -0.2) is 0 Å². The van der Waals surface area contributed by atoms with E-state index in [0.717, 1.165) is 62.4 Å². The fourth-order valence-corrected chi connectivity index (χ4v) is 7.91. The van der Waals surface area contributed by atoms with Crippen molar-refractivity contribution in [3.63, 3.8) is 0 Å². The minimum atomic E-state index is 0.763. The Bertz CT molecular complexity index is 2820. The van der Waals surface area contributed by atoms with E-state index in [1.807, 2.05) is 55.8 Å². The number of nitrogens with one attached hydrogen (secondary N) is 1. The molecule has 0 amide bonds. The average Bonchev–Trinajstić information content (AvgIpc) is 3.74. The largest absolute Gasteiger partial charge is 0.394 e. The molecule has 280 valence electrons. The van der Waals surface area contributed by atoms with Crippen molar-refractivity contribution in [2.45, 2.75) is 20.3 Å². The number of para-hydroxylation sites is 1. The molecule has 0 atom stereocenters. The molecule has 3 nitrogen and oxygen atoms in total. The van der Waals surface area contributed by atoms with Crippen LogP contribution in [0.5, 0.6) is 0 Å². The van der Waals surface area contributed by atoms with Crippen molar-refractivity contribution in [3.05, 3.63) is 224 Å². The molecule has 57 heavy (non-hydrogen) atoms. The minimum Gasteiger partial charge on any atom is -0.394 e. The van der Waals surface area contributed by atoms with Crippen LogP contribution in [0.2, 0.25) is 0 Å². The lowest BCUT2D eigenvalue weighted by Crippen LogP contribution is -2.00. The molecule has 5 aromatic carbocycles. The summed E-state index contributed by atoms with van der Waals surface area (Å²) < 4.78 is 4.74. The molecule has 0 fully saturated rings. The number of benzene rings is 5. The topological polar surface area (TPSA) is 21.9 Å². The summed E-state index contributed by atoms with van der Waals surface area (Å²) in [5.41, 5.74) is 15.9. The molecule has 0 spiro atoms. The highest BCUT2D eigenvalue weighted by molar-refractivity contribution is 6.10. The highest BCUT2D eigenvalue weighted by Crippen LogP contribution is 2.38. The van der Waals surface area contributed by atoms with Crippen molar-refractivity contribution < 1.29 is 0 Å². The standard InChI is InChI=1S/C54H49N3/c1-8-13-20-40(11-4)41-24-28-45(29-25-41)56-52-23-17-16-22-48(52)50-36-42(27-31-53(50)56)43-26-30-49-47(21-15-14-18-32-55-7)51(12-5)57(54(49)37-43)46-34-38(6)33-44(35-46)39(10-3)19-9-2/h8-20,22-37,55H,1-3,5,21H2,4,6-7H3/b15-14-,20-13-,32-18-,39-19+,40-11+. The molecule has 0 aliphatic carbocycles. The second kappa shape index (κ2) is 17.1. The van der Waals surface area contributed by atoms with Gasteiger partial charge >= 0.3 is 0 Å². The van der Waals surface area contributed by atoms with Gasteiger partial charge in [0.15, 0.2) is 0 Å². The average molecular weight is 740 g/mol. The number of allylic oxidation sites excluding steroid dienone is 12. The van der Waals surface area contributed by atoms with Gasteiger partial charge in [0.05, 0.1) is 16.6 Å². The molecule has 7 rings (SSSR count). The number of fused-ring (bicyclic) bond motifs is 4. The van der Waals surface area contributed by atoms with E-state index in [-0.39, 0.29) is 0 Å². The summed E-state index contributed by atoms with van der Waals surface area (Å²) in [4.78, 5) is 0. The molecule has 0 radical (unpaired) electrons. The van der Waals surface area contributed by atoms with Crippen LogP contribution in [0.3, 0.4) is 0 Å². The third-order valence-electron chi connectivity index (χ3n) is 10.5. The zero-order valence-electron chi connectivity index (χ0n) is 33.2. The zero-order chi connectivity index (χ0) is 39.9. The first-order chi connectivity index (χ1) is 27.9. The van der Waals surface area contributed by atoms with Crippen LogP contribution in [-0.4, -0.2) is 16.2 Å². The van der Waals surface area contributed by atoms with Gasteiger partial charge in [-0.15, -0.1) is 0 Å². The summed E-state index contributed by atoms with van der Waals surface area (Å²) in [7, 11) is 1.91. The van der Waals surface area contributed by atoms with Crippen LogP contribution in [0.25, 0.3) is 72.4 Å². The Morgan fingerprint density at radius 1 is 0.649 bits per heavy atom. The molecule has 7 aromatic rings. The van der Waals surface area contributed by atoms with Gasteiger partial charge < -0.3 is 14.5 Å². The van der Waals surface area contributed by atoms with E-state index in [9.17, 15) is 0 Å². The molecular weight excluding hydrogens is 691 g/mol. The van der Waals surface area contributed by atoms with Crippen molar-refractivity contribution in [2.75, 3.05) is 7.05 Å². The van der Waals surface area contributed by atoms with E-state index >= 15 is 0 Å². The third kappa shape index (κ3) is 7.48. The van der Waals surface area contributed by atoms with Gasteiger partial charge in [0.25, 0.3) is 0 Å². The van der Waals surface area contributed by atoms with E-state index in [4.69, 9.17) is 0 Å². The predicted octanol–water partition coefficient (Wildman–Crippen LogP) is 14.1. The predicted molar refractivity (Wildman–Crippen MR) is 250 cm³/mol. The van der Waals surface area contributed by atoms with Crippen molar-refractivity contribution in [2.24, 2.45) is 0 Å². The van der Waals surface area contributed by atoms with Crippen molar-refractivity contribution in [1.82, 2.24) is 14.5 Å². The van der Waals surface area contributed by atoms with E-state index in [0.29, 0.717) is 0 Å². The SMILES string of the molecule is C=C/C=C\C(=C/C)c1ccc(-n2c3ccccc3c3cc(-c4ccc5c(C/C=C\C=C/NC)c(C=C)n(-c6cc(C)cc(/C(C=C)=C/C=C)c6)c5c4)ccc32)cc1. The summed E-state index contributed by atoms with van der Waals surface area (Å²) in [6.45, 7) is 20.4. The third-order valence-corrected chi connectivity index (χ3v) is 10.5. The Hall–Kier alpha value is -7.10. The molecule has 2 aromatic heterocycles. The van der Waals surface area contributed by atoms with Crippen molar-refractivity contribution >= 4 is 49.9 Å². The quantitative estimate of drug-likeness (QED) is 0.110. The van der Waals surface area contributed by atoms with Crippen molar-refractivity contribution in [3.8, 4) is 22.5 Å². The van der Waals surface area contributed by atoms with E-state index in [1.54, 1.807) is 0 Å². The Kier molecular flexibility index (Phi) is 11.5. The number of nitrogens with zero attached hydrogens (tertiary/aromatic N) is 2. The molecule has 2 heterocycles. The molecule has 0 aliphatic rings. The highest BCUT2D eigenvalue weighted by atomic mass is 15.0. The van der Waals surface area contributed by atoms with Crippen LogP contribution in [0.4, 0.5) is 0 Å². The normalized spacial score (nSPS) is 12.5. The summed E-state index contributed by atoms with van der Waals surface area (Å²) >= 11 is 0. The van der Waals surface area contributed by atoms with Crippen LogP contribution >= 0.6 is 0 Å². The maximum absolute atomic E-state index is 4.34. The fraction of sp³-hybridized carbons (Fsp3) is 0.0741. The van der Waals surface area contributed by atoms with E-state index in [2.05, 4.69) is 182 Å². The van der Waals surface area contributed by atoms with Gasteiger partial charge in [0.2, 0.25) is 0 Å². The van der Waals surface area contributed by atoms with Crippen LogP contribution < -0.4 is 5.32 Å². The number of aromatic nitrogens is 2. The highest BCUT2D eigenvalue weighted by Gasteiger charge is 2.19. The molecule has 0 unspecified atom stereocenters. The van der Waals surface area contributed by atoms with Gasteiger partial charge in [-0.1, -0.05) is 136 Å². The number of hydrogen-bond acceptors (Lipinski definition) is 1. The van der Waals surface area contributed by atoms with Gasteiger partial charge in [0, 0.05) is 40.3 Å². The number of hydrogen-bond donors (Lipinski definition) is 1. The lowest BCUT2D eigenvalue weighted by molar-refractivity contribution is 1.08. The van der Waals surface area contributed by atoms with Gasteiger partial charge in [0.1, 0.15) is 0 Å². The van der Waals surface area contributed by atoms with Crippen LogP contribution in [-0.2, 0) is 6.42 Å². The first-order valence-electron chi connectivity index (χ1n) is 19.4. The molecule has 0 aliphatic heterocycles. The smallest absolute Gasteiger partial charge is 0.0543 e. The molecule has 1 N–H and O–H groups in total. The Morgan fingerprint density at radius 2 is 1.42 bits per heavy atom. The lowest BCUT2D eigenvalue weighted by Gasteiger charge is -2.14. The van der Waals surface area contributed by atoms with Crippen LogP contribution in [0.15, 0.2) is 196 Å². The Morgan fingerprint density at radius 3 is 2.16 bits per heavy atom. The molecule has 0 bridgehead atoms. The minimum absolute atomic E-state index is 0.763.